The number of hydrogen-bond acceptors (Lipinski definition) is 2. The highest BCUT2D eigenvalue weighted by atomic mass is 32.2. The van der Waals surface area contributed by atoms with Crippen LogP contribution in [0.15, 0.2) is 18.5 Å². The molecule has 0 amide bonds. The molecule has 2 nitrogen and oxygen atoms in total. The van der Waals surface area contributed by atoms with Crippen molar-refractivity contribution < 1.29 is 0 Å². The van der Waals surface area contributed by atoms with Crippen molar-refractivity contribution in [1.82, 2.24) is 10.3 Å². The summed E-state index contributed by atoms with van der Waals surface area (Å²) >= 11 is 1.89. The van der Waals surface area contributed by atoms with Crippen LogP contribution in [-0.2, 0) is 6.54 Å². The summed E-state index contributed by atoms with van der Waals surface area (Å²) in [6.45, 7) is 6.50. The summed E-state index contributed by atoms with van der Waals surface area (Å²) in [6, 6.07) is 2.10. The summed E-state index contributed by atoms with van der Waals surface area (Å²) in [6.07, 6.45) is 6.13. The third-order valence-electron chi connectivity index (χ3n) is 2.09. The fraction of sp³-hybridized carbons (Fsp3) is 0.600. The molecule has 0 spiro atoms. The normalized spacial score (nSPS) is 11.9. The van der Waals surface area contributed by atoms with Crippen molar-refractivity contribution in [3.8, 4) is 0 Å². The van der Waals surface area contributed by atoms with Crippen LogP contribution < -0.4 is 5.32 Å². The van der Waals surface area contributed by atoms with Crippen LogP contribution in [0.1, 0.15) is 19.4 Å². The number of thioether (sulfide) groups is 1. The molecule has 3 heteroatoms. The van der Waals surface area contributed by atoms with Crippen LogP contribution in [0.2, 0.25) is 0 Å². The van der Waals surface area contributed by atoms with Crippen LogP contribution in [0.3, 0.4) is 0 Å². The van der Waals surface area contributed by atoms with E-state index < -0.39 is 0 Å². The van der Waals surface area contributed by atoms with Gasteiger partial charge in [0.2, 0.25) is 0 Å². The van der Waals surface area contributed by atoms with E-state index in [-0.39, 0.29) is 0 Å². The summed E-state index contributed by atoms with van der Waals surface area (Å²) < 4.78 is 0.330. The van der Waals surface area contributed by atoms with Crippen LogP contribution >= 0.6 is 11.8 Å². The van der Waals surface area contributed by atoms with Crippen molar-refractivity contribution in [3.63, 3.8) is 0 Å². The summed E-state index contributed by atoms with van der Waals surface area (Å²) in [5.41, 5.74) is 1.32. The first-order valence-corrected chi connectivity index (χ1v) is 5.74. The molecule has 2 N–H and O–H groups in total. The van der Waals surface area contributed by atoms with E-state index in [0.717, 1.165) is 13.1 Å². The first kappa shape index (κ1) is 10.7. The molecule has 0 unspecified atom stereocenters. The molecule has 0 saturated heterocycles. The Hall–Kier alpha value is -0.410. The second kappa shape index (κ2) is 4.72. The molecule has 0 aromatic carbocycles. The zero-order chi connectivity index (χ0) is 9.73. The highest BCUT2D eigenvalue weighted by Crippen LogP contribution is 2.19. The first-order chi connectivity index (χ1) is 6.14. The summed E-state index contributed by atoms with van der Waals surface area (Å²) in [5, 5.41) is 3.44. The van der Waals surface area contributed by atoms with Crippen LogP contribution in [0.25, 0.3) is 0 Å². The van der Waals surface area contributed by atoms with Crippen molar-refractivity contribution in [2.75, 3.05) is 12.8 Å². The van der Waals surface area contributed by atoms with Crippen molar-refractivity contribution in [3.05, 3.63) is 24.0 Å². The second-order valence-corrected chi connectivity index (χ2v) is 5.30. The van der Waals surface area contributed by atoms with Crippen molar-refractivity contribution >= 4 is 11.8 Å². The average Bonchev–Trinajstić information content (AvgIpc) is 2.57. The lowest BCUT2D eigenvalue weighted by molar-refractivity contribution is 0.591. The maximum absolute atomic E-state index is 3.44. The minimum absolute atomic E-state index is 0.330. The third kappa shape index (κ3) is 3.87. The van der Waals surface area contributed by atoms with E-state index in [0.29, 0.717) is 4.75 Å². The lowest BCUT2D eigenvalue weighted by Gasteiger charge is -2.22. The molecule has 0 aliphatic rings. The topological polar surface area (TPSA) is 27.8 Å². The van der Waals surface area contributed by atoms with E-state index in [9.17, 15) is 0 Å². The van der Waals surface area contributed by atoms with Crippen LogP contribution in [0, 0.1) is 0 Å². The zero-order valence-electron chi connectivity index (χ0n) is 8.55. The Morgan fingerprint density at radius 1 is 1.54 bits per heavy atom. The van der Waals surface area contributed by atoms with E-state index in [1.54, 1.807) is 0 Å². The van der Waals surface area contributed by atoms with Crippen LogP contribution in [0.4, 0.5) is 0 Å². The predicted octanol–water partition coefficient (Wildman–Crippen LogP) is 2.25. The van der Waals surface area contributed by atoms with E-state index in [1.807, 2.05) is 24.2 Å². The molecule has 0 bridgehead atoms. The van der Waals surface area contributed by atoms with Gasteiger partial charge in [0, 0.05) is 30.2 Å². The predicted molar refractivity (Wildman–Crippen MR) is 60.1 cm³/mol. The zero-order valence-corrected chi connectivity index (χ0v) is 9.37. The maximum Gasteiger partial charge on any atom is 0.0225 e. The van der Waals surface area contributed by atoms with Gasteiger partial charge in [-0.1, -0.05) is 0 Å². The Kier molecular flexibility index (Phi) is 3.88. The molecule has 1 aromatic heterocycles. The molecule has 0 aliphatic carbocycles. The summed E-state index contributed by atoms with van der Waals surface area (Å²) in [5.74, 6) is 0. The van der Waals surface area contributed by atoms with Gasteiger partial charge in [0.15, 0.2) is 0 Å². The van der Waals surface area contributed by atoms with Crippen molar-refractivity contribution in [2.45, 2.75) is 25.1 Å². The van der Waals surface area contributed by atoms with Gasteiger partial charge in [-0.05, 0) is 31.7 Å². The van der Waals surface area contributed by atoms with Crippen LogP contribution in [0.5, 0.6) is 0 Å². The Morgan fingerprint density at radius 3 is 2.85 bits per heavy atom. The van der Waals surface area contributed by atoms with Gasteiger partial charge in [-0.3, -0.25) is 0 Å². The molecule has 13 heavy (non-hydrogen) atoms. The van der Waals surface area contributed by atoms with Gasteiger partial charge in [-0.15, -0.1) is 0 Å². The van der Waals surface area contributed by atoms with Gasteiger partial charge in [0.1, 0.15) is 0 Å². The van der Waals surface area contributed by atoms with Gasteiger partial charge in [-0.25, -0.2) is 0 Å². The summed E-state index contributed by atoms with van der Waals surface area (Å²) in [7, 11) is 0. The monoisotopic (exact) mass is 198 g/mol. The maximum atomic E-state index is 3.44. The molecule has 0 fully saturated rings. The second-order valence-electron chi connectivity index (χ2n) is 3.79. The number of hydrogen-bond donors (Lipinski definition) is 2. The number of rotatable bonds is 5. The number of aromatic nitrogens is 1. The Balaban J connectivity index is 2.21. The van der Waals surface area contributed by atoms with Gasteiger partial charge in [-0.2, -0.15) is 11.8 Å². The smallest absolute Gasteiger partial charge is 0.0225 e. The molecule has 0 atom stereocenters. The van der Waals surface area contributed by atoms with Gasteiger partial charge in [0.05, 0.1) is 0 Å². The standard InChI is InChI=1S/C10H18N2S/c1-10(2,13-3)8-12-7-9-4-5-11-6-9/h4-6,11-12H,7-8H2,1-3H3. The fourth-order valence-electron chi connectivity index (χ4n) is 1.05. The van der Waals surface area contributed by atoms with E-state index in [2.05, 4.69) is 36.5 Å². The Morgan fingerprint density at radius 2 is 2.31 bits per heavy atom. The Labute approximate surface area is 84.5 Å². The molecule has 1 aromatic rings. The number of nitrogens with one attached hydrogen (secondary N) is 2. The molecular formula is C10H18N2S. The molecule has 1 rings (SSSR count). The molecule has 74 valence electrons. The SMILES string of the molecule is CSC(C)(C)CNCc1cc[nH]c1. The van der Waals surface area contributed by atoms with E-state index in [4.69, 9.17) is 0 Å². The number of aromatic amines is 1. The van der Waals surface area contributed by atoms with Gasteiger partial charge < -0.3 is 10.3 Å². The lowest BCUT2D eigenvalue weighted by Crippen LogP contribution is -2.31. The molecule has 0 saturated carbocycles. The first-order valence-electron chi connectivity index (χ1n) is 4.51. The van der Waals surface area contributed by atoms with E-state index >= 15 is 0 Å². The highest BCUT2D eigenvalue weighted by Gasteiger charge is 2.14. The fourth-order valence-corrected chi connectivity index (χ4v) is 1.29. The van der Waals surface area contributed by atoms with Crippen molar-refractivity contribution in [1.29, 1.82) is 0 Å². The van der Waals surface area contributed by atoms with Gasteiger partial charge in [0.25, 0.3) is 0 Å². The van der Waals surface area contributed by atoms with E-state index in [1.165, 1.54) is 5.56 Å². The lowest BCUT2D eigenvalue weighted by atomic mass is 10.2. The summed E-state index contributed by atoms with van der Waals surface area (Å²) in [4.78, 5) is 3.05. The minimum atomic E-state index is 0.330. The van der Waals surface area contributed by atoms with Crippen molar-refractivity contribution in [2.24, 2.45) is 0 Å². The molecule has 1 heterocycles. The van der Waals surface area contributed by atoms with Gasteiger partial charge >= 0.3 is 0 Å². The molecule has 0 radical (unpaired) electrons. The molecular weight excluding hydrogens is 180 g/mol. The minimum Gasteiger partial charge on any atom is -0.367 e. The largest absolute Gasteiger partial charge is 0.367 e. The average molecular weight is 198 g/mol. The quantitative estimate of drug-likeness (QED) is 0.759. The highest BCUT2D eigenvalue weighted by molar-refractivity contribution is 7.99. The third-order valence-corrected chi connectivity index (χ3v) is 3.34. The number of H-pyrrole nitrogens is 1. The molecule has 0 aliphatic heterocycles. The van der Waals surface area contributed by atoms with Crippen LogP contribution in [-0.4, -0.2) is 22.5 Å². The Bertz CT molecular complexity index is 229.